The predicted octanol–water partition coefficient (Wildman–Crippen LogP) is -1.47. The number of nitrogens with zero attached hydrogens (tertiary/aromatic N) is 1. The number of fused-ring (bicyclic) bond motifs is 1. The van der Waals surface area contributed by atoms with Gasteiger partial charge in [0.15, 0.2) is 5.96 Å². The molecule has 2 aromatic rings. The van der Waals surface area contributed by atoms with Gasteiger partial charge in [-0.1, -0.05) is 18.2 Å². The molecular weight excluding hydrogens is 536 g/mol. The van der Waals surface area contributed by atoms with Crippen LogP contribution < -0.4 is 32.7 Å². The van der Waals surface area contributed by atoms with Gasteiger partial charge in [0.1, 0.15) is 18.1 Å². The Kier molecular flexibility index (Phi) is 11.0. The van der Waals surface area contributed by atoms with Crippen LogP contribution in [0.15, 0.2) is 35.5 Å². The number of benzene rings is 1. The summed E-state index contributed by atoms with van der Waals surface area (Å²) in [4.78, 5) is 69.5. The Morgan fingerprint density at radius 2 is 1.71 bits per heavy atom. The number of carboxylic acids is 2. The average Bonchev–Trinajstić information content (AvgIpc) is 3.60. The first kappa shape index (κ1) is 30.9. The molecule has 3 amide bonds. The number of nitrogens with one attached hydrogen (secondary N) is 5. The number of carbonyl (C=O) groups is 5. The largest absolute Gasteiger partial charge is 0.481 e. The van der Waals surface area contributed by atoms with Crippen molar-refractivity contribution in [3.8, 4) is 0 Å². The maximum Gasteiger partial charge on any atom is 0.326 e. The van der Waals surface area contributed by atoms with Crippen molar-refractivity contribution in [3.05, 3.63) is 36.0 Å². The number of H-pyrrole nitrogens is 1. The lowest BCUT2D eigenvalue weighted by molar-refractivity contribution is -0.143. The first-order chi connectivity index (χ1) is 19.5. The van der Waals surface area contributed by atoms with Crippen LogP contribution in [0.5, 0.6) is 0 Å². The highest BCUT2D eigenvalue weighted by Gasteiger charge is 2.32. The highest BCUT2D eigenvalue weighted by atomic mass is 16.4. The molecule has 0 bridgehead atoms. The Morgan fingerprint density at radius 3 is 2.37 bits per heavy atom. The molecule has 2 heterocycles. The number of guanidine groups is 1. The van der Waals surface area contributed by atoms with E-state index in [0.717, 1.165) is 17.3 Å². The van der Waals surface area contributed by atoms with Gasteiger partial charge in [-0.15, -0.1) is 0 Å². The third-order valence-corrected chi connectivity index (χ3v) is 6.68. The maximum absolute atomic E-state index is 13.2. The van der Waals surface area contributed by atoms with E-state index in [1.807, 2.05) is 12.1 Å². The summed E-state index contributed by atoms with van der Waals surface area (Å²) in [6, 6.07) is 2.62. The summed E-state index contributed by atoms with van der Waals surface area (Å²) in [5, 5.41) is 30.4. The molecule has 0 radical (unpaired) electrons. The van der Waals surface area contributed by atoms with Gasteiger partial charge in [-0.2, -0.15) is 0 Å². The summed E-state index contributed by atoms with van der Waals surface area (Å²) in [5.74, 6) is -5.06. The zero-order valence-corrected chi connectivity index (χ0v) is 22.4. The number of hydrogen-bond donors (Lipinski definition) is 9. The maximum atomic E-state index is 13.2. The van der Waals surface area contributed by atoms with Crippen molar-refractivity contribution < 1.29 is 34.2 Å². The summed E-state index contributed by atoms with van der Waals surface area (Å²) in [7, 11) is 0. The minimum Gasteiger partial charge on any atom is -0.481 e. The zero-order valence-electron chi connectivity index (χ0n) is 22.4. The molecule has 1 saturated heterocycles. The molecule has 1 aliphatic heterocycles. The predicted molar refractivity (Wildman–Crippen MR) is 149 cm³/mol. The standard InChI is InChI=1S/C26H36N8O7/c27-26(28)30-10-4-8-18(32-22(37)17-7-3-9-29-17)23(38)33-19(12-21(35)36)24(39)34-20(25(40)41)11-14-13-31-16-6-2-1-5-15(14)16/h1-2,5-6,13,17-20,29,31H,3-4,7-12H2,(H,32,37)(H,33,38)(H,34,39)(H,35,36)(H,40,41)(H4,27,28,30). The highest BCUT2D eigenvalue weighted by molar-refractivity contribution is 5.96. The molecule has 11 N–H and O–H groups in total. The Bertz CT molecular complexity index is 1280. The second-order valence-corrected chi connectivity index (χ2v) is 9.78. The molecule has 1 fully saturated rings. The highest BCUT2D eigenvalue weighted by Crippen LogP contribution is 2.19. The molecule has 15 heteroatoms. The number of aliphatic imine (C=N–C) groups is 1. The number of aromatic amines is 1. The SMILES string of the molecule is NC(N)=NCCCC(NC(=O)C1CCCN1)C(=O)NC(CC(=O)O)C(=O)NC(Cc1c[nH]c2ccccc12)C(=O)O. The van der Waals surface area contributed by atoms with E-state index >= 15 is 0 Å². The van der Waals surface area contributed by atoms with Crippen LogP contribution in [0.1, 0.15) is 37.7 Å². The van der Waals surface area contributed by atoms with Crippen molar-refractivity contribution in [2.45, 2.75) is 62.7 Å². The number of hydrogen-bond acceptors (Lipinski definition) is 7. The second kappa shape index (κ2) is 14.6. The van der Waals surface area contributed by atoms with Crippen LogP contribution >= 0.6 is 0 Å². The molecule has 4 atom stereocenters. The first-order valence-corrected chi connectivity index (χ1v) is 13.2. The second-order valence-electron chi connectivity index (χ2n) is 9.78. The minimum atomic E-state index is -1.61. The smallest absolute Gasteiger partial charge is 0.326 e. The summed E-state index contributed by atoms with van der Waals surface area (Å²) in [6.45, 7) is 0.834. The summed E-state index contributed by atoms with van der Waals surface area (Å²) < 4.78 is 0. The van der Waals surface area contributed by atoms with E-state index in [0.29, 0.717) is 24.9 Å². The fourth-order valence-electron chi connectivity index (χ4n) is 4.60. The number of carbonyl (C=O) groups excluding carboxylic acids is 3. The topological polar surface area (TPSA) is 254 Å². The third kappa shape index (κ3) is 9.20. The van der Waals surface area contributed by atoms with Gasteiger partial charge in [0.2, 0.25) is 17.7 Å². The van der Waals surface area contributed by atoms with Gasteiger partial charge in [0.25, 0.3) is 0 Å². The van der Waals surface area contributed by atoms with E-state index in [1.165, 1.54) is 0 Å². The van der Waals surface area contributed by atoms with Gasteiger partial charge >= 0.3 is 11.9 Å². The Morgan fingerprint density at radius 1 is 1.00 bits per heavy atom. The summed E-state index contributed by atoms with van der Waals surface area (Å²) >= 11 is 0. The number of amides is 3. The van der Waals surface area contributed by atoms with E-state index < -0.39 is 60.2 Å². The van der Waals surface area contributed by atoms with E-state index in [9.17, 15) is 34.2 Å². The fraction of sp³-hybridized carbons (Fsp3) is 0.462. The number of rotatable bonds is 15. The Hall–Kier alpha value is -4.66. The van der Waals surface area contributed by atoms with Gasteiger partial charge in [0.05, 0.1) is 12.5 Å². The molecule has 0 spiro atoms. The van der Waals surface area contributed by atoms with Gasteiger partial charge in [0, 0.05) is 30.1 Å². The molecule has 222 valence electrons. The molecule has 4 unspecified atom stereocenters. The van der Waals surface area contributed by atoms with Crippen LogP contribution in [0.4, 0.5) is 0 Å². The summed E-state index contributed by atoms with van der Waals surface area (Å²) in [6.07, 6.45) is 2.52. The number of carboxylic acid groups (broad SMARTS) is 2. The van der Waals surface area contributed by atoms with Crippen LogP contribution in [-0.4, -0.2) is 88.1 Å². The van der Waals surface area contributed by atoms with Crippen LogP contribution in [-0.2, 0) is 30.4 Å². The van der Waals surface area contributed by atoms with Crippen LogP contribution in [0.2, 0.25) is 0 Å². The lowest BCUT2D eigenvalue weighted by Crippen LogP contribution is -2.57. The molecule has 1 aliphatic rings. The molecule has 15 nitrogen and oxygen atoms in total. The lowest BCUT2D eigenvalue weighted by Gasteiger charge is -2.24. The number of para-hydroxylation sites is 1. The van der Waals surface area contributed by atoms with Crippen molar-refractivity contribution in [1.82, 2.24) is 26.3 Å². The molecule has 3 rings (SSSR count). The van der Waals surface area contributed by atoms with Crippen molar-refractivity contribution in [1.29, 1.82) is 0 Å². The molecule has 0 aliphatic carbocycles. The van der Waals surface area contributed by atoms with E-state index in [1.54, 1.807) is 18.3 Å². The van der Waals surface area contributed by atoms with Gasteiger partial charge in [-0.25, -0.2) is 4.79 Å². The zero-order chi connectivity index (χ0) is 29.9. The van der Waals surface area contributed by atoms with Crippen LogP contribution in [0.3, 0.4) is 0 Å². The fourth-order valence-corrected chi connectivity index (χ4v) is 4.60. The Balaban J connectivity index is 1.72. The van der Waals surface area contributed by atoms with E-state index in [4.69, 9.17) is 11.5 Å². The lowest BCUT2D eigenvalue weighted by atomic mass is 10.0. The average molecular weight is 573 g/mol. The van der Waals surface area contributed by atoms with Crippen LogP contribution in [0.25, 0.3) is 10.9 Å². The van der Waals surface area contributed by atoms with Gasteiger partial charge in [-0.3, -0.25) is 24.2 Å². The summed E-state index contributed by atoms with van der Waals surface area (Å²) in [5.41, 5.74) is 12.1. The van der Waals surface area contributed by atoms with E-state index in [2.05, 4.69) is 31.2 Å². The number of nitrogens with two attached hydrogens (primary N) is 2. The van der Waals surface area contributed by atoms with E-state index in [-0.39, 0.29) is 25.3 Å². The molecule has 0 saturated carbocycles. The monoisotopic (exact) mass is 572 g/mol. The first-order valence-electron chi connectivity index (χ1n) is 13.2. The molecule has 41 heavy (non-hydrogen) atoms. The van der Waals surface area contributed by atoms with Crippen molar-refractivity contribution >= 4 is 46.5 Å². The van der Waals surface area contributed by atoms with Crippen molar-refractivity contribution in [2.24, 2.45) is 16.5 Å². The Labute approximate surface area is 235 Å². The van der Waals surface area contributed by atoms with Crippen LogP contribution in [0, 0.1) is 0 Å². The van der Waals surface area contributed by atoms with Crippen molar-refractivity contribution in [2.75, 3.05) is 13.1 Å². The molecule has 1 aromatic carbocycles. The normalized spacial score (nSPS) is 16.7. The van der Waals surface area contributed by atoms with Gasteiger partial charge < -0.3 is 47.9 Å². The molecular formula is C26H36N8O7. The molecule has 1 aromatic heterocycles. The third-order valence-electron chi connectivity index (χ3n) is 6.68. The minimum absolute atomic E-state index is 0.0866. The number of aromatic nitrogens is 1. The van der Waals surface area contributed by atoms with Crippen molar-refractivity contribution in [3.63, 3.8) is 0 Å². The van der Waals surface area contributed by atoms with Gasteiger partial charge in [-0.05, 0) is 43.9 Å². The number of aliphatic carboxylic acids is 2. The quantitative estimate of drug-likeness (QED) is 0.0680.